The molecule has 1 aromatic carbocycles. The molecule has 1 aromatic heterocycles. The summed E-state index contributed by atoms with van der Waals surface area (Å²) >= 11 is 0. The topological polar surface area (TPSA) is 84.6 Å². The Balaban J connectivity index is 2.04. The Bertz CT molecular complexity index is 837. The maximum atomic E-state index is 12.6. The number of nitrogens with one attached hydrogen (secondary N) is 1. The molecular weight excluding hydrogens is 294 g/mol. The van der Waals surface area contributed by atoms with Gasteiger partial charge in [0, 0.05) is 38.8 Å². The van der Waals surface area contributed by atoms with Gasteiger partial charge in [0.05, 0.1) is 10.4 Å². The molecule has 0 bridgehead atoms. The first-order chi connectivity index (χ1) is 9.89. The van der Waals surface area contributed by atoms with E-state index in [4.69, 9.17) is 4.42 Å². The van der Waals surface area contributed by atoms with Gasteiger partial charge in [0.2, 0.25) is 10.0 Å². The highest BCUT2D eigenvalue weighted by Crippen LogP contribution is 2.22. The van der Waals surface area contributed by atoms with Crippen molar-refractivity contribution in [3.63, 3.8) is 0 Å². The molecule has 1 saturated heterocycles. The minimum atomic E-state index is -3.57. The Labute approximate surface area is 122 Å². The Kier molecular flexibility index (Phi) is 3.39. The third kappa shape index (κ3) is 2.39. The fourth-order valence-corrected chi connectivity index (χ4v) is 4.08. The van der Waals surface area contributed by atoms with E-state index in [0.717, 1.165) is 0 Å². The van der Waals surface area contributed by atoms with Crippen LogP contribution in [0.5, 0.6) is 0 Å². The fraction of sp³-hybridized carbons (Fsp3) is 0.462. The number of oxazole rings is 1. The van der Waals surface area contributed by atoms with Gasteiger partial charge in [-0.3, -0.25) is 4.57 Å². The number of aryl methyl sites for hydroxylation is 1. The molecule has 114 valence electrons. The summed E-state index contributed by atoms with van der Waals surface area (Å²) in [6, 6.07) is 4.64. The average Bonchev–Trinajstić information content (AvgIpc) is 2.73. The molecule has 21 heavy (non-hydrogen) atoms. The van der Waals surface area contributed by atoms with Crippen molar-refractivity contribution in [1.29, 1.82) is 0 Å². The highest BCUT2D eigenvalue weighted by molar-refractivity contribution is 7.89. The lowest BCUT2D eigenvalue weighted by atomic mass is 10.3. The Morgan fingerprint density at radius 1 is 1.38 bits per heavy atom. The van der Waals surface area contributed by atoms with Gasteiger partial charge in [0.1, 0.15) is 0 Å². The minimum Gasteiger partial charge on any atom is -0.408 e. The van der Waals surface area contributed by atoms with E-state index >= 15 is 0 Å². The van der Waals surface area contributed by atoms with Crippen LogP contribution < -0.4 is 11.1 Å². The largest absolute Gasteiger partial charge is 0.419 e. The summed E-state index contributed by atoms with van der Waals surface area (Å²) in [6.45, 7) is 3.44. The first-order valence-electron chi connectivity index (χ1n) is 6.73. The van der Waals surface area contributed by atoms with Crippen molar-refractivity contribution < 1.29 is 12.8 Å². The fourth-order valence-electron chi connectivity index (χ4n) is 2.54. The molecule has 0 saturated carbocycles. The predicted molar refractivity (Wildman–Crippen MR) is 77.7 cm³/mol. The van der Waals surface area contributed by atoms with Crippen molar-refractivity contribution >= 4 is 21.1 Å². The molecule has 0 amide bonds. The van der Waals surface area contributed by atoms with Gasteiger partial charge >= 0.3 is 5.76 Å². The summed E-state index contributed by atoms with van der Waals surface area (Å²) in [5, 5.41) is 3.21. The van der Waals surface area contributed by atoms with Crippen LogP contribution in [0.1, 0.15) is 6.92 Å². The molecule has 1 N–H and O–H groups in total. The lowest BCUT2D eigenvalue weighted by Crippen LogP contribution is -2.51. The van der Waals surface area contributed by atoms with Gasteiger partial charge in [0.25, 0.3) is 0 Å². The van der Waals surface area contributed by atoms with E-state index in [-0.39, 0.29) is 16.5 Å². The van der Waals surface area contributed by atoms with E-state index in [2.05, 4.69) is 5.32 Å². The second-order valence-electron chi connectivity index (χ2n) is 5.27. The minimum absolute atomic E-state index is 0.118. The van der Waals surface area contributed by atoms with E-state index < -0.39 is 15.8 Å². The molecule has 1 aliphatic rings. The molecule has 1 unspecified atom stereocenters. The van der Waals surface area contributed by atoms with Gasteiger partial charge in [-0.2, -0.15) is 4.31 Å². The van der Waals surface area contributed by atoms with Crippen LogP contribution in [0.15, 0.2) is 32.3 Å². The number of fused-ring (bicyclic) bond motifs is 1. The third-order valence-corrected chi connectivity index (χ3v) is 5.59. The van der Waals surface area contributed by atoms with Crippen LogP contribution >= 0.6 is 0 Å². The molecule has 7 nitrogen and oxygen atoms in total. The number of rotatable bonds is 2. The summed E-state index contributed by atoms with van der Waals surface area (Å²) in [6.07, 6.45) is 0. The molecule has 0 aliphatic carbocycles. The van der Waals surface area contributed by atoms with Crippen LogP contribution in [0.25, 0.3) is 11.1 Å². The molecule has 1 aliphatic heterocycles. The van der Waals surface area contributed by atoms with Crippen LogP contribution in [0, 0.1) is 0 Å². The monoisotopic (exact) mass is 311 g/mol. The lowest BCUT2D eigenvalue weighted by molar-refractivity contribution is 0.310. The molecule has 0 spiro atoms. The van der Waals surface area contributed by atoms with Gasteiger partial charge < -0.3 is 9.73 Å². The van der Waals surface area contributed by atoms with Gasteiger partial charge in [-0.25, -0.2) is 13.2 Å². The molecule has 8 heteroatoms. The standard InChI is InChI=1S/C13H17N3O4S/c1-9-8-16(6-5-14-9)21(18,19)10-3-4-11-12(7-10)20-13(17)15(11)2/h3-4,7,9,14H,5-6,8H2,1-2H3. The predicted octanol–water partition coefficient (Wildman–Crippen LogP) is 0.114. The summed E-state index contributed by atoms with van der Waals surface area (Å²) in [4.78, 5) is 11.6. The number of hydrogen-bond donors (Lipinski definition) is 1. The number of aromatic nitrogens is 1. The van der Waals surface area contributed by atoms with Gasteiger partial charge in [-0.1, -0.05) is 0 Å². The average molecular weight is 311 g/mol. The molecule has 1 fully saturated rings. The summed E-state index contributed by atoms with van der Waals surface area (Å²) in [5.74, 6) is -0.504. The van der Waals surface area contributed by atoms with Crippen LogP contribution in [0.3, 0.4) is 0 Å². The van der Waals surface area contributed by atoms with Crippen molar-refractivity contribution in [1.82, 2.24) is 14.2 Å². The van der Waals surface area contributed by atoms with Crippen molar-refractivity contribution in [3.8, 4) is 0 Å². The smallest absolute Gasteiger partial charge is 0.408 e. The van der Waals surface area contributed by atoms with Crippen molar-refractivity contribution in [2.45, 2.75) is 17.9 Å². The highest BCUT2D eigenvalue weighted by atomic mass is 32.2. The van der Waals surface area contributed by atoms with Crippen LogP contribution in [-0.4, -0.2) is 43.0 Å². The zero-order valence-corrected chi connectivity index (χ0v) is 12.7. The maximum absolute atomic E-state index is 12.6. The summed E-state index contributed by atoms with van der Waals surface area (Å²) in [5.41, 5.74) is 0.861. The van der Waals surface area contributed by atoms with Gasteiger partial charge in [-0.05, 0) is 19.1 Å². The van der Waals surface area contributed by atoms with Gasteiger partial charge in [-0.15, -0.1) is 0 Å². The van der Waals surface area contributed by atoms with E-state index in [9.17, 15) is 13.2 Å². The number of piperazine rings is 1. The van der Waals surface area contributed by atoms with Crippen LogP contribution in [0.4, 0.5) is 0 Å². The van der Waals surface area contributed by atoms with E-state index in [1.807, 2.05) is 6.92 Å². The first kappa shape index (κ1) is 14.3. The van der Waals surface area contributed by atoms with Gasteiger partial charge in [0.15, 0.2) is 5.58 Å². The number of hydrogen-bond acceptors (Lipinski definition) is 5. The molecular formula is C13H17N3O4S. The van der Waals surface area contributed by atoms with E-state index in [1.54, 1.807) is 13.1 Å². The second kappa shape index (κ2) is 4.97. The van der Waals surface area contributed by atoms with Crippen molar-refractivity contribution in [2.24, 2.45) is 7.05 Å². The first-order valence-corrected chi connectivity index (χ1v) is 8.17. The Morgan fingerprint density at radius 3 is 2.86 bits per heavy atom. The quantitative estimate of drug-likeness (QED) is 0.851. The SMILES string of the molecule is CC1CN(S(=O)(=O)c2ccc3c(c2)oc(=O)n3C)CCN1. The molecule has 3 rings (SSSR count). The number of benzene rings is 1. The number of nitrogens with zero attached hydrogens (tertiary/aromatic N) is 2. The number of sulfonamides is 1. The molecule has 2 heterocycles. The van der Waals surface area contributed by atoms with Crippen molar-refractivity contribution in [2.75, 3.05) is 19.6 Å². The Morgan fingerprint density at radius 2 is 2.14 bits per heavy atom. The summed E-state index contributed by atoms with van der Waals surface area (Å²) in [7, 11) is -1.98. The molecule has 1 atom stereocenters. The third-order valence-electron chi connectivity index (χ3n) is 3.73. The van der Waals surface area contributed by atoms with E-state index in [1.165, 1.54) is 21.0 Å². The lowest BCUT2D eigenvalue weighted by Gasteiger charge is -2.30. The highest BCUT2D eigenvalue weighted by Gasteiger charge is 2.29. The molecule has 0 radical (unpaired) electrons. The summed E-state index contributed by atoms with van der Waals surface area (Å²) < 4.78 is 33.1. The van der Waals surface area contributed by atoms with E-state index in [0.29, 0.717) is 25.2 Å². The van der Waals surface area contributed by atoms with Crippen molar-refractivity contribution in [3.05, 3.63) is 28.7 Å². The zero-order chi connectivity index (χ0) is 15.2. The maximum Gasteiger partial charge on any atom is 0.419 e. The molecule has 2 aromatic rings. The zero-order valence-electron chi connectivity index (χ0n) is 11.9. The normalized spacial score (nSPS) is 21.0. The Hall–Kier alpha value is -1.64. The van der Waals surface area contributed by atoms with Crippen LogP contribution in [0.2, 0.25) is 0 Å². The van der Waals surface area contributed by atoms with Crippen LogP contribution in [-0.2, 0) is 17.1 Å². The second-order valence-corrected chi connectivity index (χ2v) is 7.21.